The second-order valence-electron chi connectivity index (χ2n) is 3.53. The second kappa shape index (κ2) is 6.12. The summed E-state index contributed by atoms with van der Waals surface area (Å²) in [6, 6.07) is 0. The van der Waals surface area contributed by atoms with Crippen LogP contribution in [0.15, 0.2) is 0 Å². The molecule has 0 aliphatic rings. The van der Waals surface area contributed by atoms with Gasteiger partial charge in [0.1, 0.15) is 0 Å². The summed E-state index contributed by atoms with van der Waals surface area (Å²) >= 11 is 0. The van der Waals surface area contributed by atoms with E-state index in [-0.39, 0.29) is 12.8 Å². The molecule has 0 saturated heterocycles. The van der Waals surface area contributed by atoms with Crippen LogP contribution >= 0.6 is 7.60 Å². The molecule has 0 aromatic carbocycles. The highest BCUT2D eigenvalue weighted by molar-refractivity contribution is 7.86. The summed E-state index contributed by atoms with van der Waals surface area (Å²) in [6.45, 7) is 3.21. The standard InChI is InChI=1S/C8H19O6PS/c1-5-8(16(10,11)12)6-7(2)15(9,13-3)14-4/h7-8H,5-6H2,1-4H3,(H,10,11,12). The molecule has 0 bridgehead atoms. The molecule has 1 N–H and O–H groups in total. The maximum Gasteiger partial charge on any atom is 0.332 e. The molecule has 2 unspecified atom stereocenters. The molecule has 0 aromatic heterocycles. The first-order chi connectivity index (χ1) is 7.21. The molecule has 0 saturated carbocycles. The lowest BCUT2D eigenvalue weighted by Crippen LogP contribution is -2.24. The molecular weight excluding hydrogens is 255 g/mol. The fourth-order valence-corrected chi connectivity index (χ4v) is 3.92. The van der Waals surface area contributed by atoms with Crippen LogP contribution in [0.25, 0.3) is 0 Å². The van der Waals surface area contributed by atoms with Crippen molar-refractivity contribution in [3.05, 3.63) is 0 Å². The number of rotatable bonds is 7. The SMILES string of the molecule is CCC(CC(C)P(=O)(OC)OC)S(=O)(=O)O. The highest BCUT2D eigenvalue weighted by atomic mass is 32.2. The Bertz CT molecular complexity index is 344. The molecule has 98 valence electrons. The van der Waals surface area contributed by atoms with Crippen LogP contribution in [0.4, 0.5) is 0 Å². The molecule has 2 atom stereocenters. The largest absolute Gasteiger partial charge is 0.332 e. The van der Waals surface area contributed by atoms with Crippen molar-refractivity contribution in [1.29, 1.82) is 0 Å². The van der Waals surface area contributed by atoms with E-state index in [0.29, 0.717) is 0 Å². The summed E-state index contributed by atoms with van der Waals surface area (Å²) in [6.07, 6.45) is 0.283. The summed E-state index contributed by atoms with van der Waals surface area (Å²) in [5, 5.41) is -0.943. The van der Waals surface area contributed by atoms with E-state index in [9.17, 15) is 13.0 Å². The quantitative estimate of drug-likeness (QED) is 0.563. The van der Waals surface area contributed by atoms with Gasteiger partial charge in [0.05, 0.1) is 10.9 Å². The zero-order valence-corrected chi connectivity index (χ0v) is 11.6. The predicted octanol–water partition coefficient (Wildman–Crippen LogP) is 1.92. The van der Waals surface area contributed by atoms with Gasteiger partial charge in [-0.2, -0.15) is 8.42 Å². The lowest BCUT2D eigenvalue weighted by molar-refractivity contribution is 0.265. The Hall–Kier alpha value is 0.0600. The monoisotopic (exact) mass is 274 g/mol. The maximum atomic E-state index is 11.9. The van der Waals surface area contributed by atoms with Gasteiger partial charge in [-0.3, -0.25) is 9.12 Å². The summed E-state index contributed by atoms with van der Waals surface area (Å²) in [5.74, 6) is 0. The van der Waals surface area contributed by atoms with E-state index in [1.54, 1.807) is 13.8 Å². The Morgan fingerprint density at radius 2 is 1.75 bits per heavy atom. The molecule has 6 nitrogen and oxygen atoms in total. The fraction of sp³-hybridized carbons (Fsp3) is 1.00. The first-order valence-electron chi connectivity index (χ1n) is 4.88. The minimum absolute atomic E-state index is 0.0360. The molecule has 0 spiro atoms. The molecular formula is C8H19O6PS. The minimum Gasteiger partial charge on any atom is -0.312 e. The Morgan fingerprint density at radius 3 is 2.00 bits per heavy atom. The van der Waals surface area contributed by atoms with E-state index in [1.807, 2.05) is 0 Å². The topological polar surface area (TPSA) is 89.9 Å². The normalized spacial score (nSPS) is 17.1. The third kappa shape index (κ3) is 4.14. The summed E-state index contributed by atoms with van der Waals surface area (Å²) < 4.78 is 52.3. The van der Waals surface area contributed by atoms with Gasteiger partial charge < -0.3 is 9.05 Å². The van der Waals surface area contributed by atoms with E-state index in [2.05, 4.69) is 0 Å². The van der Waals surface area contributed by atoms with Gasteiger partial charge in [0.15, 0.2) is 0 Å². The summed E-state index contributed by atoms with van der Waals surface area (Å²) in [5.41, 5.74) is -0.589. The van der Waals surface area contributed by atoms with Gasteiger partial charge in [-0.25, -0.2) is 0 Å². The lowest BCUT2D eigenvalue weighted by atomic mass is 10.2. The molecule has 8 heteroatoms. The first-order valence-corrected chi connectivity index (χ1v) is 8.00. The van der Waals surface area contributed by atoms with Crippen molar-refractivity contribution < 1.29 is 26.6 Å². The number of hydrogen-bond donors (Lipinski definition) is 1. The molecule has 0 aromatic rings. The van der Waals surface area contributed by atoms with E-state index >= 15 is 0 Å². The molecule has 0 amide bonds. The highest BCUT2D eigenvalue weighted by Gasteiger charge is 2.35. The summed E-state index contributed by atoms with van der Waals surface area (Å²) in [4.78, 5) is 0. The molecule has 0 aliphatic carbocycles. The van der Waals surface area contributed by atoms with Crippen LogP contribution in [0.3, 0.4) is 0 Å². The lowest BCUT2D eigenvalue weighted by Gasteiger charge is -2.23. The van der Waals surface area contributed by atoms with Gasteiger partial charge in [-0.15, -0.1) is 0 Å². The Balaban J connectivity index is 4.79. The van der Waals surface area contributed by atoms with E-state index < -0.39 is 28.6 Å². The Morgan fingerprint density at radius 1 is 1.31 bits per heavy atom. The average Bonchev–Trinajstić information content (AvgIpc) is 2.22. The van der Waals surface area contributed by atoms with Gasteiger partial charge in [0.25, 0.3) is 10.1 Å². The van der Waals surface area contributed by atoms with Crippen LogP contribution in [0.2, 0.25) is 0 Å². The smallest absolute Gasteiger partial charge is 0.312 e. The van der Waals surface area contributed by atoms with E-state index in [0.717, 1.165) is 0 Å². The van der Waals surface area contributed by atoms with Crippen molar-refractivity contribution in [1.82, 2.24) is 0 Å². The van der Waals surface area contributed by atoms with Gasteiger partial charge in [-0.05, 0) is 12.8 Å². The van der Waals surface area contributed by atoms with Crippen molar-refractivity contribution in [2.75, 3.05) is 14.2 Å². The fourth-order valence-electron chi connectivity index (χ4n) is 1.44. The first kappa shape index (κ1) is 16.1. The molecule has 0 heterocycles. The van der Waals surface area contributed by atoms with Crippen molar-refractivity contribution in [3.8, 4) is 0 Å². The molecule has 0 fully saturated rings. The van der Waals surface area contributed by atoms with Crippen LogP contribution in [0.1, 0.15) is 26.7 Å². The third-order valence-corrected chi connectivity index (χ3v) is 6.21. The van der Waals surface area contributed by atoms with Crippen molar-refractivity contribution in [3.63, 3.8) is 0 Å². The van der Waals surface area contributed by atoms with Crippen molar-refractivity contribution >= 4 is 17.7 Å². The van der Waals surface area contributed by atoms with Gasteiger partial charge in [-0.1, -0.05) is 13.8 Å². The van der Waals surface area contributed by atoms with E-state index in [4.69, 9.17) is 13.6 Å². The van der Waals surface area contributed by atoms with Crippen LogP contribution < -0.4 is 0 Å². The molecule has 0 rings (SSSR count). The molecule has 16 heavy (non-hydrogen) atoms. The molecule has 0 radical (unpaired) electrons. The van der Waals surface area contributed by atoms with Crippen LogP contribution in [0, 0.1) is 0 Å². The van der Waals surface area contributed by atoms with Gasteiger partial charge >= 0.3 is 7.60 Å². The van der Waals surface area contributed by atoms with Crippen LogP contribution in [0.5, 0.6) is 0 Å². The van der Waals surface area contributed by atoms with Gasteiger partial charge in [0.2, 0.25) is 0 Å². The highest BCUT2D eigenvalue weighted by Crippen LogP contribution is 2.53. The predicted molar refractivity (Wildman–Crippen MR) is 61.3 cm³/mol. The Labute approximate surface area is 96.6 Å². The van der Waals surface area contributed by atoms with Crippen molar-refractivity contribution in [2.24, 2.45) is 0 Å². The average molecular weight is 274 g/mol. The molecule has 0 aliphatic heterocycles. The van der Waals surface area contributed by atoms with Crippen molar-refractivity contribution in [2.45, 2.75) is 37.6 Å². The van der Waals surface area contributed by atoms with Crippen LogP contribution in [-0.2, 0) is 23.7 Å². The maximum absolute atomic E-state index is 11.9. The summed E-state index contributed by atoms with van der Waals surface area (Å²) in [7, 11) is -4.91. The zero-order chi connectivity index (χ0) is 13.0. The third-order valence-electron chi connectivity index (χ3n) is 2.53. The number of hydrogen-bond acceptors (Lipinski definition) is 5. The zero-order valence-electron chi connectivity index (χ0n) is 9.91. The van der Waals surface area contributed by atoms with Crippen LogP contribution in [-0.4, -0.2) is 38.1 Å². The Kier molecular flexibility index (Phi) is 6.14. The minimum atomic E-state index is -4.12. The van der Waals surface area contributed by atoms with E-state index in [1.165, 1.54) is 14.2 Å². The second-order valence-corrected chi connectivity index (χ2v) is 7.92. The van der Waals surface area contributed by atoms with Gasteiger partial charge in [0, 0.05) is 14.2 Å².